The van der Waals surface area contributed by atoms with Crippen LogP contribution in [0.5, 0.6) is 0 Å². The molecule has 1 heterocycles. The third-order valence-electron chi connectivity index (χ3n) is 3.28. The van der Waals surface area contributed by atoms with Gasteiger partial charge in [0.2, 0.25) is 0 Å². The number of hydrogen-bond acceptors (Lipinski definition) is 5. The Morgan fingerprint density at radius 3 is 2.27 bits per heavy atom. The third-order valence-corrected chi connectivity index (χ3v) is 4.40. The van der Waals surface area contributed by atoms with E-state index in [4.69, 9.17) is 16.3 Å². The Balaban J connectivity index is 2.49. The maximum absolute atomic E-state index is 9.09. The Bertz CT molecular complexity index is 732. The summed E-state index contributed by atoms with van der Waals surface area (Å²) < 4.78 is 2.09. The zero-order valence-corrected chi connectivity index (χ0v) is 13.4. The Morgan fingerprint density at radius 1 is 1.18 bits per heavy atom. The molecule has 22 heavy (non-hydrogen) atoms. The minimum atomic E-state index is 0.392. The summed E-state index contributed by atoms with van der Waals surface area (Å²) in [6.07, 6.45) is 0.811. The fraction of sp³-hybridized carbons (Fsp3) is 0.312. The highest BCUT2D eigenvalue weighted by Crippen LogP contribution is 2.33. The predicted molar refractivity (Wildman–Crippen MR) is 85.2 cm³/mol. The van der Waals surface area contributed by atoms with Crippen LogP contribution >= 0.6 is 11.8 Å². The predicted octanol–water partition coefficient (Wildman–Crippen LogP) is 2.82. The van der Waals surface area contributed by atoms with Crippen LogP contribution in [0.25, 0.3) is 0 Å². The smallest absolute Gasteiger partial charge is 0.123 e. The van der Waals surface area contributed by atoms with E-state index >= 15 is 0 Å². The number of benzene rings is 1. The molecular weight excluding hydrogens is 294 g/mol. The SMILES string of the molecule is CCc1nc(CN)n(CC)c1Sc1cc(C#N)cc(C#N)c1. The van der Waals surface area contributed by atoms with Gasteiger partial charge in [0.25, 0.3) is 0 Å². The molecule has 2 aromatic rings. The van der Waals surface area contributed by atoms with Crippen molar-refractivity contribution in [2.75, 3.05) is 0 Å². The fourth-order valence-corrected chi connectivity index (χ4v) is 3.51. The van der Waals surface area contributed by atoms with E-state index in [1.165, 1.54) is 11.8 Å². The first kappa shape index (κ1) is 16.1. The van der Waals surface area contributed by atoms with Gasteiger partial charge in [-0.05, 0) is 31.5 Å². The van der Waals surface area contributed by atoms with Crippen LogP contribution in [-0.4, -0.2) is 9.55 Å². The van der Waals surface area contributed by atoms with Crippen LogP contribution < -0.4 is 5.73 Å². The number of rotatable bonds is 5. The number of hydrogen-bond donors (Lipinski definition) is 1. The molecule has 0 aliphatic heterocycles. The molecule has 6 heteroatoms. The minimum Gasteiger partial charge on any atom is -0.324 e. The zero-order valence-electron chi connectivity index (χ0n) is 12.6. The molecule has 5 nitrogen and oxygen atoms in total. The fourth-order valence-electron chi connectivity index (χ4n) is 2.26. The molecule has 0 radical (unpaired) electrons. The summed E-state index contributed by atoms with van der Waals surface area (Å²) in [5.41, 5.74) is 7.74. The molecule has 0 aliphatic carbocycles. The van der Waals surface area contributed by atoms with Crippen LogP contribution in [0.15, 0.2) is 28.1 Å². The molecule has 0 saturated carbocycles. The summed E-state index contributed by atoms with van der Waals surface area (Å²) >= 11 is 1.53. The lowest BCUT2D eigenvalue weighted by molar-refractivity contribution is 0.648. The van der Waals surface area contributed by atoms with Gasteiger partial charge in [0.15, 0.2) is 0 Å². The van der Waals surface area contributed by atoms with Crippen molar-refractivity contribution in [2.24, 2.45) is 5.73 Å². The lowest BCUT2D eigenvalue weighted by Gasteiger charge is -2.09. The van der Waals surface area contributed by atoms with Crippen molar-refractivity contribution in [2.45, 2.75) is 43.3 Å². The van der Waals surface area contributed by atoms with Crippen molar-refractivity contribution in [1.29, 1.82) is 10.5 Å². The Kier molecular flexibility index (Phi) is 5.21. The average molecular weight is 311 g/mol. The van der Waals surface area contributed by atoms with Crippen LogP contribution in [-0.2, 0) is 19.5 Å². The topological polar surface area (TPSA) is 91.4 Å². The van der Waals surface area contributed by atoms with Gasteiger partial charge in [-0.1, -0.05) is 18.7 Å². The highest BCUT2D eigenvalue weighted by molar-refractivity contribution is 7.99. The van der Waals surface area contributed by atoms with Gasteiger partial charge in [-0.25, -0.2) is 4.98 Å². The first-order valence-electron chi connectivity index (χ1n) is 7.08. The number of imidazole rings is 1. The summed E-state index contributed by atoms with van der Waals surface area (Å²) in [6, 6.07) is 9.36. The number of aromatic nitrogens is 2. The second-order valence-electron chi connectivity index (χ2n) is 4.65. The van der Waals surface area contributed by atoms with Crippen LogP contribution in [0, 0.1) is 22.7 Å². The largest absolute Gasteiger partial charge is 0.324 e. The van der Waals surface area contributed by atoms with Crippen LogP contribution in [0.1, 0.15) is 36.5 Å². The standard InChI is InChI=1S/C16H17N5S/c1-3-14-16(21(4-2)15(10-19)20-14)22-13-6-11(8-17)5-12(7-13)9-18/h5-7H,3-4,10,19H2,1-2H3. The van der Waals surface area contributed by atoms with Crippen LogP contribution in [0.4, 0.5) is 0 Å². The summed E-state index contributed by atoms with van der Waals surface area (Å²) in [7, 11) is 0. The van der Waals surface area contributed by atoms with Crippen molar-refractivity contribution >= 4 is 11.8 Å². The Labute approximate surface area is 134 Å². The molecule has 0 aliphatic rings. The van der Waals surface area contributed by atoms with E-state index in [0.717, 1.165) is 34.4 Å². The quantitative estimate of drug-likeness (QED) is 0.916. The molecule has 112 valence electrons. The maximum atomic E-state index is 9.09. The van der Waals surface area contributed by atoms with E-state index in [-0.39, 0.29) is 0 Å². The van der Waals surface area contributed by atoms with Gasteiger partial charge in [0.05, 0.1) is 35.5 Å². The van der Waals surface area contributed by atoms with E-state index < -0.39 is 0 Å². The van der Waals surface area contributed by atoms with Gasteiger partial charge >= 0.3 is 0 Å². The number of nitrogens with two attached hydrogens (primary N) is 1. The van der Waals surface area contributed by atoms with E-state index in [0.29, 0.717) is 17.7 Å². The molecule has 1 aromatic carbocycles. The molecule has 0 spiro atoms. The number of nitrogens with zero attached hydrogens (tertiary/aromatic N) is 4. The first-order valence-corrected chi connectivity index (χ1v) is 7.89. The van der Waals surface area contributed by atoms with Crippen molar-refractivity contribution in [3.63, 3.8) is 0 Å². The molecule has 0 fully saturated rings. The molecule has 0 unspecified atom stereocenters. The zero-order chi connectivity index (χ0) is 16.1. The third kappa shape index (κ3) is 3.14. The summed E-state index contributed by atoms with van der Waals surface area (Å²) in [4.78, 5) is 5.45. The number of aryl methyl sites for hydroxylation is 1. The van der Waals surface area contributed by atoms with Gasteiger partial charge in [0, 0.05) is 11.4 Å². The summed E-state index contributed by atoms with van der Waals surface area (Å²) in [5.74, 6) is 0.860. The molecule has 0 atom stereocenters. The van der Waals surface area contributed by atoms with Gasteiger partial charge in [-0.15, -0.1) is 0 Å². The molecule has 2 N–H and O–H groups in total. The molecule has 0 amide bonds. The van der Waals surface area contributed by atoms with Gasteiger partial charge in [-0.2, -0.15) is 10.5 Å². The Hall–Kier alpha value is -2.28. The molecule has 2 rings (SSSR count). The van der Waals surface area contributed by atoms with Crippen LogP contribution in [0.2, 0.25) is 0 Å². The summed E-state index contributed by atoms with van der Waals surface area (Å²) in [5, 5.41) is 19.2. The van der Waals surface area contributed by atoms with Gasteiger partial charge in [0.1, 0.15) is 10.9 Å². The van der Waals surface area contributed by atoms with Crippen molar-refractivity contribution < 1.29 is 0 Å². The highest BCUT2D eigenvalue weighted by atomic mass is 32.2. The molecule has 1 aromatic heterocycles. The second-order valence-corrected chi connectivity index (χ2v) is 5.72. The van der Waals surface area contributed by atoms with E-state index in [1.54, 1.807) is 18.2 Å². The van der Waals surface area contributed by atoms with Gasteiger partial charge in [-0.3, -0.25) is 0 Å². The van der Waals surface area contributed by atoms with Gasteiger partial charge < -0.3 is 10.3 Å². The highest BCUT2D eigenvalue weighted by Gasteiger charge is 2.16. The molecule has 0 bridgehead atoms. The lowest BCUT2D eigenvalue weighted by atomic mass is 10.1. The second kappa shape index (κ2) is 7.13. The van der Waals surface area contributed by atoms with E-state index in [2.05, 4.69) is 35.5 Å². The summed E-state index contributed by atoms with van der Waals surface area (Å²) in [6.45, 7) is 5.28. The normalized spacial score (nSPS) is 10.2. The molecule has 0 saturated heterocycles. The Morgan fingerprint density at radius 2 is 1.82 bits per heavy atom. The van der Waals surface area contributed by atoms with E-state index in [1.807, 2.05) is 0 Å². The van der Waals surface area contributed by atoms with Crippen LogP contribution in [0.3, 0.4) is 0 Å². The molecular formula is C16H17N5S. The van der Waals surface area contributed by atoms with Crippen molar-refractivity contribution in [1.82, 2.24) is 9.55 Å². The van der Waals surface area contributed by atoms with E-state index in [9.17, 15) is 0 Å². The number of nitriles is 2. The first-order chi connectivity index (χ1) is 10.7. The lowest BCUT2D eigenvalue weighted by Crippen LogP contribution is -2.07. The average Bonchev–Trinajstić information content (AvgIpc) is 2.90. The van der Waals surface area contributed by atoms with Crippen molar-refractivity contribution in [3.8, 4) is 12.1 Å². The minimum absolute atomic E-state index is 0.392. The monoisotopic (exact) mass is 311 g/mol. The maximum Gasteiger partial charge on any atom is 0.123 e. The van der Waals surface area contributed by atoms with Crippen molar-refractivity contribution in [3.05, 3.63) is 40.8 Å².